The van der Waals surface area contributed by atoms with Crippen molar-refractivity contribution in [3.8, 4) is 0 Å². The lowest BCUT2D eigenvalue weighted by Gasteiger charge is -2.44. The van der Waals surface area contributed by atoms with Gasteiger partial charge in [-0.05, 0) is 0 Å². The zero-order chi connectivity index (χ0) is 11.1. The number of amides is 1. The van der Waals surface area contributed by atoms with E-state index in [2.05, 4.69) is 6.92 Å². The van der Waals surface area contributed by atoms with Crippen molar-refractivity contribution in [1.29, 1.82) is 0 Å². The van der Waals surface area contributed by atoms with Crippen LogP contribution in [0.4, 0.5) is 17.6 Å². The second-order valence-electron chi connectivity index (χ2n) is 3.47. The molecule has 0 spiro atoms. The first-order chi connectivity index (χ1) is 6.13. The SMILES string of the molecule is [CH2]C(F)(F)N(C(C)=O)C1CC(F)(F)C1. The topological polar surface area (TPSA) is 20.3 Å². The quantitative estimate of drug-likeness (QED) is 0.506. The third-order valence-corrected chi connectivity index (χ3v) is 2.13. The second kappa shape index (κ2) is 3.10. The van der Waals surface area contributed by atoms with E-state index in [1.165, 1.54) is 0 Å². The molecule has 0 aromatic carbocycles. The molecule has 14 heavy (non-hydrogen) atoms. The minimum Gasteiger partial charge on any atom is -0.280 e. The number of carbonyl (C=O) groups is 1. The van der Waals surface area contributed by atoms with Crippen LogP contribution in [-0.2, 0) is 4.79 Å². The van der Waals surface area contributed by atoms with Gasteiger partial charge in [0.1, 0.15) is 0 Å². The molecule has 0 aromatic heterocycles. The van der Waals surface area contributed by atoms with Crippen LogP contribution in [0.2, 0.25) is 0 Å². The molecule has 81 valence electrons. The summed E-state index contributed by atoms with van der Waals surface area (Å²) in [7, 11) is 0. The van der Waals surface area contributed by atoms with E-state index in [4.69, 9.17) is 0 Å². The molecule has 0 unspecified atom stereocenters. The summed E-state index contributed by atoms with van der Waals surface area (Å²) in [5.41, 5.74) is 0. The Balaban J connectivity index is 2.69. The molecule has 2 nitrogen and oxygen atoms in total. The predicted molar refractivity (Wildman–Crippen MR) is 40.8 cm³/mol. The van der Waals surface area contributed by atoms with E-state index in [0.29, 0.717) is 0 Å². The molecule has 0 aromatic rings. The molecule has 1 rings (SSSR count). The van der Waals surface area contributed by atoms with Crippen molar-refractivity contribution in [1.82, 2.24) is 4.90 Å². The molecule has 1 radical (unpaired) electrons. The Morgan fingerprint density at radius 1 is 1.50 bits per heavy atom. The van der Waals surface area contributed by atoms with Gasteiger partial charge < -0.3 is 0 Å². The third kappa shape index (κ3) is 2.16. The van der Waals surface area contributed by atoms with Crippen molar-refractivity contribution >= 4 is 5.91 Å². The molecule has 1 saturated carbocycles. The zero-order valence-corrected chi connectivity index (χ0v) is 7.57. The first-order valence-electron chi connectivity index (χ1n) is 4.04. The molecule has 0 heterocycles. The minimum absolute atomic E-state index is 0.115. The van der Waals surface area contributed by atoms with Crippen molar-refractivity contribution < 1.29 is 22.4 Å². The molecule has 1 amide bonds. The Labute approximate surface area is 78.9 Å². The highest BCUT2D eigenvalue weighted by molar-refractivity contribution is 5.74. The van der Waals surface area contributed by atoms with Crippen LogP contribution in [-0.4, -0.2) is 28.8 Å². The fourth-order valence-electron chi connectivity index (χ4n) is 1.57. The van der Waals surface area contributed by atoms with E-state index in [9.17, 15) is 22.4 Å². The molecule has 0 N–H and O–H groups in total. The normalized spacial score (nSPS) is 21.6. The Morgan fingerprint density at radius 2 is 1.93 bits per heavy atom. The van der Waals surface area contributed by atoms with Gasteiger partial charge in [-0.25, -0.2) is 8.78 Å². The van der Waals surface area contributed by atoms with Gasteiger partial charge in [0.2, 0.25) is 5.91 Å². The van der Waals surface area contributed by atoms with Crippen LogP contribution in [0, 0.1) is 6.92 Å². The van der Waals surface area contributed by atoms with Crippen LogP contribution < -0.4 is 0 Å². The lowest BCUT2D eigenvalue weighted by Crippen LogP contribution is -2.58. The summed E-state index contributed by atoms with van der Waals surface area (Å²) in [6.45, 7) is 3.38. The molecule has 1 fully saturated rings. The molecule has 0 aliphatic heterocycles. The number of alkyl halides is 4. The fourth-order valence-corrected chi connectivity index (χ4v) is 1.57. The summed E-state index contributed by atoms with van der Waals surface area (Å²) >= 11 is 0. The average molecular weight is 212 g/mol. The maximum absolute atomic E-state index is 12.7. The number of halogens is 4. The standard InChI is InChI=1S/C8H10F4NO/c1-5(14)13(7(2,9)10)6-3-8(11,12)4-6/h6H,2-4H2,1H3. The molecular formula is C8H10F4NO. The van der Waals surface area contributed by atoms with Gasteiger partial charge in [0, 0.05) is 32.7 Å². The largest absolute Gasteiger partial charge is 0.328 e. The van der Waals surface area contributed by atoms with Crippen molar-refractivity contribution in [2.45, 2.75) is 37.8 Å². The fraction of sp³-hybridized carbons (Fsp3) is 0.750. The summed E-state index contributed by atoms with van der Waals surface area (Å²) in [6, 6.07) is -4.72. The maximum atomic E-state index is 12.7. The van der Waals surface area contributed by atoms with Crippen LogP contribution in [0.5, 0.6) is 0 Å². The molecule has 6 heteroatoms. The molecule has 1 aliphatic rings. The van der Waals surface area contributed by atoms with E-state index in [0.717, 1.165) is 6.92 Å². The molecule has 0 bridgehead atoms. The highest BCUT2D eigenvalue weighted by Crippen LogP contribution is 2.43. The number of hydrogen-bond acceptors (Lipinski definition) is 1. The van der Waals surface area contributed by atoms with Gasteiger partial charge in [-0.3, -0.25) is 9.69 Å². The summed E-state index contributed by atoms with van der Waals surface area (Å²) in [5, 5.41) is 0. The highest BCUT2D eigenvalue weighted by Gasteiger charge is 2.53. The van der Waals surface area contributed by atoms with Crippen molar-refractivity contribution in [2.75, 3.05) is 0 Å². The van der Waals surface area contributed by atoms with Crippen LogP contribution in [0.25, 0.3) is 0 Å². The van der Waals surface area contributed by atoms with Gasteiger partial charge in [0.05, 0.1) is 0 Å². The van der Waals surface area contributed by atoms with Crippen LogP contribution in [0.15, 0.2) is 0 Å². The number of nitrogens with zero attached hydrogens (tertiary/aromatic N) is 1. The van der Waals surface area contributed by atoms with E-state index in [1.807, 2.05) is 0 Å². The zero-order valence-electron chi connectivity index (χ0n) is 7.57. The molecule has 0 atom stereocenters. The van der Waals surface area contributed by atoms with E-state index in [1.54, 1.807) is 0 Å². The average Bonchev–Trinajstić information content (AvgIpc) is 1.77. The van der Waals surface area contributed by atoms with Crippen molar-refractivity contribution in [2.24, 2.45) is 0 Å². The monoisotopic (exact) mass is 212 g/mol. The summed E-state index contributed by atoms with van der Waals surface area (Å²) in [5.74, 6) is -3.87. The summed E-state index contributed by atoms with van der Waals surface area (Å²) < 4.78 is 50.2. The Bertz CT molecular complexity index is 240. The first-order valence-corrected chi connectivity index (χ1v) is 4.04. The van der Waals surface area contributed by atoms with Gasteiger partial charge in [-0.15, -0.1) is 0 Å². The van der Waals surface area contributed by atoms with Gasteiger partial charge in [0.25, 0.3) is 5.92 Å². The van der Waals surface area contributed by atoms with Gasteiger partial charge >= 0.3 is 6.05 Å². The number of hydrogen-bond donors (Lipinski definition) is 0. The number of rotatable bonds is 2. The third-order valence-electron chi connectivity index (χ3n) is 2.13. The van der Waals surface area contributed by atoms with Gasteiger partial charge in [-0.2, -0.15) is 8.78 Å². The maximum Gasteiger partial charge on any atom is 0.328 e. The lowest BCUT2D eigenvalue weighted by atomic mass is 9.86. The Kier molecular flexibility index (Phi) is 2.49. The smallest absolute Gasteiger partial charge is 0.280 e. The highest BCUT2D eigenvalue weighted by atomic mass is 19.3. The molecule has 1 aliphatic carbocycles. The first kappa shape index (κ1) is 11.3. The van der Waals surface area contributed by atoms with Gasteiger partial charge in [0.15, 0.2) is 0 Å². The van der Waals surface area contributed by atoms with Crippen molar-refractivity contribution in [3.05, 3.63) is 6.92 Å². The minimum atomic E-state index is -3.62. The molecular weight excluding hydrogens is 202 g/mol. The van der Waals surface area contributed by atoms with E-state index in [-0.39, 0.29) is 4.90 Å². The van der Waals surface area contributed by atoms with E-state index >= 15 is 0 Å². The summed E-state index contributed by atoms with van der Waals surface area (Å²) in [6.07, 6.45) is -1.42. The second-order valence-corrected chi connectivity index (χ2v) is 3.47. The Morgan fingerprint density at radius 3 is 2.14 bits per heavy atom. The van der Waals surface area contributed by atoms with Crippen LogP contribution in [0.3, 0.4) is 0 Å². The lowest BCUT2D eigenvalue weighted by molar-refractivity contribution is -0.200. The molecule has 0 saturated heterocycles. The van der Waals surface area contributed by atoms with Crippen molar-refractivity contribution in [3.63, 3.8) is 0 Å². The Hall–Kier alpha value is -0.810. The number of carbonyl (C=O) groups excluding carboxylic acids is 1. The van der Waals surface area contributed by atoms with E-state index < -0.39 is 36.8 Å². The van der Waals surface area contributed by atoms with Gasteiger partial charge in [-0.1, -0.05) is 0 Å². The van der Waals surface area contributed by atoms with Crippen LogP contribution >= 0.6 is 0 Å². The summed E-state index contributed by atoms with van der Waals surface area (Å²) in [4.78, 5) is 10.9. The predicted octanol–water partition coefficient (Wildman–Crippen LogP) is 2.06. The van der Waals surface area contributed by atoms with Crippen LogP contribution in [0.1, 0.15) is 19.8 Å².